The predicted molar refractivity (Wildman–Crippen MR) is 65.7 cm³/mol. The van der Waals surface area contributed by atoms with E-state index < -0.39 is 23.6 Å². The van der Waals surface area contributed by atoms with Crippen LogP contribution in [-0.2, 0) is 14.3 Å². The van der Waals surface area contributed by atoms with Gasteiger partial charge < -0.3 is 14.9 Å². The highest BCUT2D eigenvalue weighted by molar-refractivity contribution is 5.85. The van der Waals surface area contributed by atoms with Crippen molar-refractivity contribution in [1.29, 1.82) is 0 Å². The smallest absolute Gasteiger partial charge is 0.351 e. The molecule has 0 fully saturated rings. The first-order valence-corrected chi connectivity index (χ1v) is 6.29. The van der Waals surface area contributed by atoms with Crippen LogP contribution in [0.4, 0.5) is 0 Å². The van der Waals surface area contributed by atoms with Crippen LogP contribution in [0.15, 0.2) is 0 Å². The highest BCUT2D eigenvalue weighted by atomic mass is 16.5. The Balaban J connectivity index is 4.66. The van der Waals surface area contributed by atoms with Crippen LogP contribution >= 0.6 is 0 Å². The maximum atomic E-state index is 11.7. The molecule has 0 radical (unpaired) electrons. The Kier molecular flexibility index (Phi) is 7.54. The molecule has 2 unspecified atom stereocenters. The van der Waals surface area contributed by atoms with Crippen LogP contribution in [0.3, 0.4) is 0 Å². The average Bonchev–Trinajstić information content (AvgIpc) is 2.29. The van der Waals surface area contributed by atoms with Crippen molar-refractivity contribution in [2.75, 3.05) is 6.61 Å². The minimum absolute atomic E-state index is 0.195. The zero-order valence-corrected chi connectivity index (χ0v) is 11.0. The Morgan fingerprint density at radius 2 is 1.83 bits per heavy atom. The van der Waals surface area contributed by atoms with Gasteiger partial charge in [-0.2, -0.15) is 0 Å². The molecule has 4 N–H and O–H groups in total. The first kappa shape index (κ1) is 16.9. The average molecular weight is 261 g/mol. The molecule has 0 bridgehead atoms. The Hall–Kier alpha value is -1.14. The van der Waals surface area contributed by atoms with Gasteiger partial charge in [-0.15, -0.1) is 0 Å². The first-order valence-electron chi connectivity index (χ1n) is 6.29. The van der Waals surface area contributed by atoms with Crippen molar-refractivity contribution in [1.82, 2.24) is 0 Å². The van der Waals surface area contributed by atoms with E-state index in [-0.39, 0.29) is 13.0 Å². The number of aliphatic hydroxyl groups is 1. The summed E-state index contributed by atoms with van der Waals surface area (Å²) in [6.45, 7) is 4.06. The molecule has 0 spiro atoms. The SMILES string of the molecule is CCCCOC(=O)C(CCCC)C(N)(O)C(=O)O. The lowest BCUT2D eigenvalue weighted by atomic mass is 9.91. The quantitative estimate of drug-likeness (QED) is 0.323. The van der Waals surface area contributed by atoms with Crippen LogP contribution in [0.1, 0.15) is 46.0 Å². The number of hydrogen-bond donors (Lipinski definition) is 3. The van der Waals surface area contributed by atoms with Crippen molar-refractivity contribution in [3.8, 4) is 0 Å². The summed E-state index contributed by atoms with van der Waals surface area (Å²) in [7, 11) is 0. The van der Waals surface area contributed by atoms with Gasteiger partial charge >= 0.3 is 11.9 Å². The van der Waals surface area contributed by atoms with Crippen LogP contribution in [-0.4, -0.2) is 34.5 Å². The number of hydrogen-bond acceptors (Lipinski definition) is 5. The van der Waals surface area contributed by atoms with E-state index in [0.29, 0.717) is 12.8 Å². The molecule has 0 saturated heterocycles. The Labute approximate surface area is 107 Å². The van der Waals surface area contributed by atoms with Gasteiger partial charge in [-0.25, -0.2) is 4.79 Å². The van der Waals surface area contributed by atoms with E-state index in [2.05, 4.69) is 0 Å². The summed E-state index contributed by atoms with van der Waals surface area (Å²) in [5, 5.41) is 18.5. The van der Waals surface area contributed by atoms with Crippen LogP contribution in [0.5, 0.6) is 0 Å². The fourth-order valence-electron chi connectivity index (χ4n) is 1.49. The largest absolute Gasteiger partial charge is 0.478 e. The highest BCUT2D eigenvalue weighted by Gasteiger charge is 2.45. The molecule has 18 heavy (non-hydrogen) atoms. The third-order valence-corrected chi connectivity index (χ3v) is 2.75. The van der Waals surface area contributed by atoms with E-state index in [1.54, 1.807) is 0 Å². The lowest BCUT2D eigenvalue weighted by Crippen LogP contribution is -2.57. The number of carboxylic acids is 1. The Morgan fingerprint density at radius 3 is 2.28 bits per heavy atom. The predicted octanol–water partition coefficient (Wildman–Crippen LogP) is 0.868. The number of esters is 1. The van der Waals surface area contributed by atoms with Crippen molar-refractivity contribution in [3.05, 3.63) is 0 Å². The second-order valence-corrected chi connectivity index (χ2v) is 4.35. The van der Waals surface area contributed by atoms with Crippen LogP contribution in [0.2, 0.25) is 0 Å². The van der Waals surface area contributed by atoms with Gasteiger partial charge in [-0.1, -0.05) is 33.1 Å². The minimum atomic E-state index is -2.57. The summed E-state index contributed by atoms with van der Waals surface area (Å²) in [6, 6.07) is 0. The van der Waals surface area contributed by atoms with E-state index in [1.165, 1.54) is 0 Å². The number of carbonyl (C=O) groups is 2. The van der Waals surface area contributed by atoms with Gasteiger partial charge in [0.25, 0.3) is 0 Å². The molecule has 0 aliphatic rings. The van der Waals surface area contributed by atoms with Crippen LogP contribution < -0.4 is 5.73 Å². The molecule has 0 aromatic rings. The zero-order chi connectivity index (χ0) is 14.2. The molecule has 0 rings (SSSR count). The summed E-state index contributed by atoms with van der Waals surface area (Å²) < 4.78 is 4.94. The van der Waals surface area contributed by atoms with Crippen molar-refractivity contribution in [2.45, 2.75) is 51.7 Å². The third-order valence-electron chi connectivity index (χ3n) is 2.75. The van der Waals surface area contributed by atoms with Gasteiger partial charge in [0.2, 0.25) is 5.72 Å². The summed E-state index contributed by atoms with van der Waals surface area (Å²) in [6.07, 6.45) is 3.12. The van der Waals surface area contributed by atoms with Crippen molar-refractivity contribution in [3.63, 3.8) is 0 Å². The number of rotatable bonds is 9. The fraction of sp³-hybridized carbons (Fsp3) is 0.833. The molecule has 0 aromatic heterocycles. The summed E-state index contributed by atoms with van der Waals surface area (Å²) in [5.74, 6) is -3.59. The van der Waals surface area contributed by atoms with Gasteiger partial charge in [0.1, 0.15) is 5.92 Å². The van der Waals surface area contributed by atoms with E-state index in [4.69, 9.17) is 15.6 Å². The molecule has 0 amide bonds. The third kappa shape index (κ3) is 5.01. The zero-order valence-electron chi connectivity index (χ0n) is 11.0. The van der Waals surface area contributed by atoms with Crippen LogP contribution in [0.25, 0.3) is 0 Å². The summed E-state index contributed by atoms with van der Waals surface area (Å²) >= 11 is 0. The van der Waals surface area contributed by atoms with Gasteiger partial charge in [0.05, 0.1) is 6.61 Å². The topological polar surface area (TPSA) is 110 Å². The number of carbonyl (C=O) groups excluding carboxylic acids is 1. The number of nitrogens with two attached hydrogens (primary N) is 1. The summed E-state index contributed by atoms with van der Waals surface area (Å²) in [4.78, 5) is 22.6. The normalized spacial score (nSPS) is 15.8. The molecule has 0 saturated carbocycles. The molecule has 2 atom stereocenters. The maximum absolute atomic E-state index is 11.7. The van der Waals surface area contributed by atoms with Gasteiger partial charge in [-0.05, 0) is 12.8 Å². The fourth-order valence-corrected chi connectivity index (χ4v) is 1.49. The van der Waals surface area contributed by atoms with Gasteiger partial charge in [-0.3, -0.25) is 10.5 Å². The number of unbranched alkanes of at least 4 members (excludes halogenated alkanes) is 2. The first-order chi connectivity index (χ1) is 8.37. The molecule has 0 aliphatic carbocycles. The highest BCUT2D eigenvalue weighted by Crippen LogP contribution is 2.21. The molecule has 0 aromatic carbocycles. The van der Waals surface area contributed by atoms with Gasteiger partial charge in [0, 0.05) is 0 Å². The van der Waals surface area contributed by atoms with Crippen molar-refractivity contribution in [2.24, 2.45) is 11.7 Å². The second kappa shape index (κ2) is 8.05. The molecule has 106 valence electrons. The monoisotopic (exact) mass is 261 g/mol. The number of carboxylic acid groups (broad SMARTS) is 1. The Bertz CT molecular complexity index is 278. The maximum Gasteiger partial charge on any atom is 0.351 e. The van der Waals surface area contributed by atoms with Gasteiger partial charge in [0.15, 0.2) is 0 Å². The molecular formula is C12H23NO5. The lowest BCUT2D eigenvalue weighted by Gasteiger charge is -2.26. The minimum Gasteiger partial charge on any atom is -0.478 e. The lowest BCUT2D eigenvalue weighted by molar-refractivity contribution is -0.177. The van der Waals surface area contributed by atoms with Crippen molar-refractivity contribution >= 4 is 11.9 Å². The summed E-state index contributed by atoms with van der Waals surface area (Å²) in [5.41, 5.74) is 2.73. The Morgan fingerprint density at radius 1 is 1.28 bits per heavy atom. The van der Waals surface area contributed by atoms with Crippen molar-refractivity contribution < 1.29 is 24.5 Å². The number of aliphatic carboxylic acids is 1. The van der Waals surface area contributed by atoms with E-state index in [1.807, 2.05) is 13.8 Å². The molecule has 0 aliphatic heterocycles. The molecular weight excluding hydrogens is 238 g/mol. The standard InChI is InChI=1S/C12H23NO5/c1-3-5-7-9(12(13,17)11(15)16)10(14)18-8-6-4-2/h9,17H,3-8,13H2,1-2H3,(H,15,16). The van der Waals surface area contributed by atoms with E-state index in [0.717, 1.165) is 12.8 Å². The van der Waals surface area contributed by atoms with E-state index in [9.17, 15) is 14.7 Å². The molecule has 0 heterocycles. The second-order valence-electron chi connectivity index (χ2n) is 4.35. The van der Waals surface area contributed by atoms with E-state index >= 15 is 0 Å². The molecule has 6 nitrogen and oxygen atoms in total. The number of ether oxygens (including phenoxy) is 1. The molecule has 6 heteroatoms. The van der Waals surface area contributed by atoms with Crippen LogP contribution in [0, 0.1) is 5.92 Å².